The molecule has 2 heterocycles. The molecule has 0 saturated carbocycles. The maximum Gasteiger partial charge on any atom is 0.227 e. The molecular weight excluding hydrogens is 268 g/mol. The quantitative estimate of drug-likeness (QED) is 0.728. The summed E-state index contributed by atoms with van der Waals surface area (Å²) in [6, 6.07) is 0. The van der Waals surface area contributed by atoms with E-state index < -0.39 is 10.0 Å². The number of rotatable bonds is 3. The monoisotopic (exact) mass is 290 g/mol. The van der Waals surface area contributed by atoms with Crippen LogP contribution < -0.4 is 0 Å². The summed E-state index contributed by atoms with van der Waals surface area (Å²) in [4.78, 5) is 14.2. The maximum absolute atomic E-state index is 12.4. The average molecular weight is 290 g/mol. The fraction of sp³-hybridized carbons (Fsp3) is 0.917. The number of piperidine rings is 1. The second kappa shape index (κ2) is 6.19. The minimum atomic E-state index is -3.18. The van der Waals surface area contributed by atoms with E-state index in [0.29, 0.717) is 39.4 Å². The van der Waals surface area contributed by atoms with Gasteiger partial charge in [-0.1, -0.05) is 0 Å². The molecule has 110 valence electrons. The Hall–Kier alpha value is -0.660. The number of nitrogens with zero attached hydrogens (tertiary/aromatic N) is 2. The van der Waals surface area contributed by atoms with Gasteiger partial charge in [0, 0.05) is 26.2 Å². The van der Waals surface area contributed by atoms with E-state index in [0.717, 1.165) is 12.8 Å². The van der Waals surface area contributed by atoms with E-state index in [-0.39, 0.29) is 17.6 Å². The minimum Gasteiger partial charge on any atom is -0.378 e. The lowest BCUT2D eigenvalue weighted by Gasteiger charge is -2.35. The van der Waals surface area contributed by atoms with Crippen LogP contribution in [0.5, 0.6) is 0 Å². The summed E-state index contributed by atoms with van der Waals surface area (Å²) < 4.78 is 30.5. The zero-order chi connectivity index (χ0) is 13.9. The van der Waals surface area contributed by atoms with Crippen LogP contribution in [0, 0.1) is 5.92 Å². The van der Waals surface area contributed by atoms with Crippen molar-refractivity contribution in [1.29, 1.82) is 0 Å². The van der Waals surface area contributed by atoms with Crippen molar-refractivity contribution in [2.75, 3.05) is 45.1 Å². The lowest BCUT2D eigenvalue weighted by Crippen LogP contribution is -2.49. The number of morpholine rings is 1. The molecule has 0 radical (unpaired) electrons. The number of ether oxygens (including phenoxy) is 1. The lowest BCUT2D eigenvalue weighted by molar-refractivity contribution is -0.140. The standard InChI is InChI=1S/C12H22N2O4S/c1-2-19(16,17)14-5-3-4-11(10-14)12(15)13-6-8-18-9-7-13/h11H,2-10H2,1H3/t11-/m1/s1. The molecule has 0 spiro atoms. The Morgan fingerprint density at radius 2 is 1.95 bits per heavy atom. The average Bonchev–Trinajstić information content (AvgIpc) is 2.47. The van der Waals surface area contributed by atoms with Crippen LogP contribution in [0.3, 0.4) is 0 Å². The molecule has 0 N–H and O–H groups in total. The molecule has 0 unspecified atom stereocenters. The van der Waals surface area contributed by atoms with Crippen LogP contribution in [-0.2, 0) is 19.6 Å². The first-order valence-electron chi connectivity index (χ1n) is 6.89. The Kier molecular flexibility index (Phi) is 4.81. The van der Waals surface area contributed by atoms with Gasteiger partial charge in [0.1, 0.15) is 0 Å². The number of hydrogen-bond donors (Lipinski definition) is 0. The van der Waals surface area contributed by atoms with Crippen LogP contribution in [0.15, 0.2) is 0 Å². The van der Waals surface area contributed by atoms with Crippen LogP contribution in [0.2, 0.25) is 0 Å². The smallest absolute Gasteiger partial charge is 0.227 e. The normalized spacial score (nSPS) is 26.4. The highest BCUT2D eigenvalue weighted by Gasteiger charge is 2.33. The summed E-state index contributed by atoms with van der Waals surface area (Å²) in [5, 5.41) is 0. The van der Waals surface area contributed by atoms with E-state index >= 15 is 0 Å². The number of carbonyl (C=O) groups excluding carboxylic acids is 1. The molecule has 2 saturated heterocycles. The van der Waals surface area contributed by atoms with Crippen LogP contribution in [0.4, 0.5) is 0 Å². The lowest BCUT2D eigenvalue weighted by atomic mass is 9.98. The van der Waals surface area contributed by atoms with Gasteiger partial charge in [-0.05, 0) is 19.8 Å². The molecule has 2 aliphatic rings. The van der Waals surface area contributed by atoms with Gasteiger partial charge in [-0.3, -0.25) is 4.79 Å². The third-order valence-corrected chi connectivity index (χ3v) is 5.66. The minimum absolute atomic E-state index is 0.0827. The van der Waals surface area contributed by atoms with Crippen molar-refractivity contribution in [3.8, 4) is 0 Å². The van der Waals surface area contributed by atoms with Crippen molar-refractivity contribution in [1.82, 2.24) is 9.21 Å². The van der Waals surface area contributed by atoms with Crippen molar-refractivity contribution >= 4 is 15.9 Å². The predicted molar refractivity (Wildman–Crippen MR) is 71.2 cm³/mol. The van der Waals surface area contributed by atoms with Crippen LogP contribution in [0.25, 0.3) is 0 Å². The summed E-state index contributed by atoms with van der Waals surface area (Å²) in [7, 11) is -3.18. The van der Waals surface area contributed by atoms with Crippen LogP contribution in [0.1, 0.15) is 19.8 Å². The second-order valence-electron chi connectivity index (χ2n) is 5.04. The molecule has 2 rings (SSSR count). The first-order valence-corrected chi connectivity index (χ1v) is 8.50. The van der Waals surface area contributed by atoms with Gasteiger partial charge in [-0.2, -0.15) is 0 Å². The van der Waals surface area contributed by atoms with Gasteiger partial charge in [-0.25, -0.2) is 12.7 Å². The molecular formula is C12H22N2O4S. The van der Waals surface area contributed by atoms with Crippen molar-refractivity contribution in [3.05, 3.63) is 0 Å². The zero-order valence-electron chi connectivity index (χ0n) is 11.4. The molecule has 19 heavy (non-hydrogen) atoms. The fourth-order valence-electron chi connectivity index (χ4n) is 2.62. The van der Waals surface area contributed by atoms with Gasteiger partial charge in [0.2, 0.25) is 15.9 Å². The molecule has 7 heteroatoms. The van der Waals surface area contributed by atoms with Gasteiger partial charge in [0.05, 0.1) is 24.9 Å². The third-order valence-electron chi connectivity index (χ3n) is 3.81. The van der Waals surface area contributed by atoms with Crippen molar-refractivity contribution in [2.45, 2.75) is 19.8 Å². The Balaban J connectivity index is 1.98. The van der Waals surface area contributed by atoms with Gasteiger partial charge in [-0.15, -0.1) is 0 Å². The summed E-state index contributed by atoms with van der Waals surface area (Å²) in [5.74, 6) is -0.00154. The molecule has 1 amide bonds. The Morgan fingerprint density at radius 1 is 1.26 bits per heavy atom. The third kappa shape index (κ3) is 3.46. The molecule has 0 aliphatic carbocycles. The highest BCUT2D eigenvalue weighted by Crippen LogP contribution is 2.21. The van der Waals surface area contributed by atoms with Crippen LogP contribution >= 0.6 is 0 Å². The van der Waals surface area contributed by atoms with Crippen molar-refractivity contribution in [3.63, 3.8) is 0 Å². The second-order valence-corrected chi connectivity index (χ2v) is 7.29. The molecule has 2 aliphatic heterocycles. The Morgan fingerprint density at radius 3 is 2.58 bits per heavy atom. The number of sulfonamides is 1. The Bertz CT molecular complexity index is 417. The Labute approximate surface area is 114 Å². The first-order chi connectivity index (χ1) is 9.04. The summed E-state index contributed by atoms with van der Waals surface area (Å²) in [6.45, 7) is 4.93. The topological polar surface area (TPSA) is 66.9 Å². The summed E-state index contributed by atoms with van der Waals surface area (Å²) in [5.41, 5.74) is 0. The highest BCUT2D eigenvalue weighted by atomic mass is 32.2. The summed E-state index contributed by atoms with van der Waals surface area (Å²) in [6.07, 6.45) is 1.55. The largest absolute Gasteiger partial charge is 0.378 e. The van der Waals surface area contributed by atoms with E-state index in [1.54, 1.807) is 11.8 Å². The number of carbonyl (C=O) groups is 1. The van der Waals surface area contributed by atoms with Gasteiger partial charge < -0.3 is 9.64 Å². The van der Waals surface area contributed by atoms with Crippen molar-refractivity contribution < 1.29 is 17.9 Å². The first kappa shape index (κ1) is 14.7. The molecule has 0 aromatic heterocycles. The van der Waals surface area contributed by atoms with E-state index in [1.807, 2.05) is 0 Å². The molecule has 0 bridgehead atoms. The van der Waals surface area contributed by atoms with Crippen molar-refractivity contribution in [2.24, 2.45) is 5.92 Å². The number of amides is 1. The van der Waals surface area contributed by atoms with E-state index in [9.17, 15) is 13.2 Å². The van der Waals surface area contributed by atoms with Crippen LogP contribution in [-0.4, -0.2) is 68.7 Å². The highest BCUT2D eigenvalue weighted by molar-refractivity contribution is 7.89. The van der Waals surface area contributed by atoms with Gasteiger partial charge in [0.25, 0.3) is 0 Å². The molecule has 2 fully saturated rings. The zero-order valence-corrected chi connectivity index (χ0v) is 12.2. The summed E-state index contributed by atoms with van der Waals surface area (Å²) >= 11 is 0. The van der Waals surface area contributed by atoms with E-state index in [1.165, 1.54) is 4.31 Å². The molecule has 0 aromatic carbocycles. The fourth-order valence-corrected chi connectivity index (χ4v) is 3.80. The van der Waals surface area contributed by atoms with E-state index in [4.69, 9.17) is 4.74 Å². The van der Waals surface area contributed by atoms with Gasteiger partial charge >= 0.3 is 0 Å². The molecule has 0 aromatic rings. The van der Waals surface area contributed by atoms with E-state index in [2.05, 4.69) is 0 Å². The maximum atomic E-state index is 12.4. The SMILES string of the molecule is CCS(=O)(=O)N1CCC[C@@H](C(=O)N2CCOCC2)C1. The van der Waals surface area contributed by atoms with Gasteiger partial charge in [0.15, 0.2) is 0 Å². The number of hydrogen-bond acceptors (Lipinski definition) is 4. The molecule has 6 nitrogen and oxygen atoms in total. The molecule has 1 atom stereocenters. The predicted octanol–water partition coefficient (Wildman–Crippen LogP) is -0.0931.